The van der Waals surface area contributed by atoms with E-state index in [9.17, 15) is 30.3 Å². The van der Waals surface area contributed by atoms with E-state index in [1.165, 1.54) is 4.57 Å². The minimum absolute atomic E-state index is 0.0539. The maximum absolute atomic E-state index is 13.0. The summed E-state index contributed by atoms with van der Waals surface area (Å²) < 4.78 is 6.88. The number of aliphatic hydroxyl groups is 4. The topological polar surface area (TPSA) is 145 Å². The predicted octanol–water partition coefficient (Wildman–Crippen LogP) is 0.636. The maximum Gasteiger partial charge on any atom is 0.214 e. The molecule has 3 aromatic rings. The van der Waals surface area contributed by atoms with Crippen molar-refractivity contribution in [1.29, 1.82) is 0 Å². The second-order valence-electron chi connectivity index (χ2n) is 7.61. The Bertz CT molecular complexity index is 1220. The lowest BCUT2D eigenvalue weighted by atomic mass is 9.98. The third-order valence-corrected chi connectivity index (χ3v) is 5.84. The van der Waals surface area contributed by atoms with Crippen LogP contribution in [-0.4, -0.2) is 72.6 Å². The van der Waals surface area contributed by atoms with Gasteiger partial charge in [-0.15, -0.1) is 0 Å². The predicted molar refractivity (Wildman–Crippen MR) is 110 cm³/mol. The van der Waals surface area contributed by atoms with Crippen molar-refractivity contribution >= 4 is 28.1 Å². The highest BCUT2D eigenvalue weighted by atomic mass is 16.6. The van der Waals surface area contributed by atoms with Gasteiger partial charge in [-0.3, -0.25) is 9.36 Å². The number of ether oxygens (including phenoxy) is 1. The van der Waals surface area contributed by atoms with Gasteiger partial charge >= 0.3 is 0 Å². The van der Waals surface area contributed by atoms with Crippen molar-refractivity contribution < 1.29 is 35.1 Å². The zero-order valence-electron chi connectivity index (χ0n) is 16.2. The van der Waals surface area contributed by atoms with Gasteiger partial charge in [0, 0.05) is 10.9 Å². The first-order valence-electron chi connectivity index (χ1n) is 9.79. The molecular formula is C22H20N2O7. The molecule has 2 aliphatic heterocycles. The monoisotopic (exact) mass is 424 g/mol. The van der Waals surface area contributed by atoms with Crippen molar-refractivity contribution in [2.45, 2.75) is 30.6 Å². The number of aromatic hydroxyl groups is 1. The Labute approximate surface area is 176 Å². The molecule has 160 valence electrons. The first-order valence-corrected chi connectivity index (χ1v) is 9.79. The number of aromatic nitrogens is 1. The summed E-state index contributed by atoms with van der Waals surface area (Å²) in [5.41, 5.74) is 1.56. The maximum atomic E-state index is 13.0. The zero-order chi connectivity index (χ0) is 21.9. The summed E-state index contributed by atoms with van der Waals surface area (Å²) in [5, 5.41) is 52.1. The van der Waals surface area contributed by atoms with Gasteiger partial charge < -0.3 is 30.3 Å². The van der Waals surface area contributed by atoms with Crippen LogP contribution in [0.25, 0.3) is 10.9 Å². The number of ketones is 1. The van der Waals surface area contributed by atoms with Crippen molar-refractivity contribution in [3.8, 4) is 5.88 Å². The van der Waals surface area contributed by atoms with Crippen LogP contribution in [0, 0.1) is 0 Å². The van der Waals surface area contributed by atoms with Crippen LogP contribution in [0.2, 0.25) is 0 Å². The summed E-state index contributed by atoms with van der Waals surface area (Å²) >= 11 is 0. The number of carbonyl (C=O) groups excluding carboxylic acids is 1. The van der Waals surface area contributed by atoms with Crippen molar-refractivity contribution in [3.63, 3.8) is 0 Å². The zero-order valence-corrected chi connectivity index (χ0v) is 16.2. The minimum atomic E-state index is -1.62. The first-order chi connectivity index (χ1) is 14.9. The normalized spacial score (nSPS) is 28.1. The van der Waals surface area contributed by atoms with Gasteiger partial charge in [-0.2, -0.15) is 0 Å². The summed E-state index contributed by atoms with van der Waals surface area (Å²) in [6.07, 6.45) is -7.23. The second kappa shape index (κ2) is 7.26. The fourth-order valence-electron chi connectivity index (χ4n) is 4.27. The molecule has 9 heteroatoms. The molecule has 5 N–H and O–H groups in total. The lowest BCUT2D eigenvalue weighted by Crippen LogP contribution is -2.56. The highest BCUT2D eigenvalue weighted by Crippen LogP contribution is 2.41. The molecule has 31 heavy (non-hydrogen) atoms. The highest BCUT2D eigenvalue weighted by molar-refractivity contribution is 6.56. The third-order valence-electron chi connectivity index (χ3n) is 5.84. The van der Waals surface area contributed by atoms with Crippen LogP contribution in [0.15, 0.2) is 53.5 Å². The van der Waals surface area contributed by atoms with Gasteiger partial charge in [-0.1, -0.05) is 30.3 Å². The Kier molecular flexibility index (Phi) is 4.65. The Morgan fingerprint density at radius 2 is 1.68 bits per heavy atom. The van der Waals surface area contributed by atoms with Crippen LogP contribution in [0.1, 0.15) is 22.1 Å². The minimum Gasteiger partial charge on any atom is -0.494 e. The number of carbonyl (C=O) groups is 1. The van der Waals surface area contributed by atoms with Gasteiger partial charge in [-0.05, 0) is 18.2 Å². The van der Waals surface area contributed by atoms with Crippen molar-refractivity contribution in [1.82, 2.24) is 4.57 Å². The number of rotatable bonds is 3. The number of nitrogens with zero attached hydrogens (tertiary/aromatic N) is 2. The number of benzene rings is 2. The number of fused-ring (bicyclic) bond motifs is 2. The molecule has 1 aromatic heterocycles. The lowest BCUT2D eigenvalue weighted by Gasteiger charge is -2.40. The van der Waals surface area contributed by atoms with Crippen LogP contribution in [0.3, 0.4) is 0 Å². The van der Waals surface area contributed by atoms with E-state index >= 15 is 0 Å². The van der Waals surface area contributed by atoms with Crippen LogP contribution >= 0.6 is 0 Å². The van der Waals surface area contributed by atoms with E-state index in [4.69, 9.17) is 4.74 Å². The molecule has 0 bridgehead atoms. The van der Waals surface area contributed by atoms with Gasteiger partial charge in [0.05, 0.1) is 23.4 Å². The van der Waals surface area contributed by atoms with Crippen LogP contribution in [0.5, 0.6) is 5.88 Å². The molecule has 0 saturated carbocycles. The average molecular weight is 424 g/mol. The molecule has 0 unspecified atom stereocenters. The molecule has 1 fully saturated rings. The summed E-state index contributed by atoms with van der Waals surface area (Å²) in [6.45, 7) is -0.602. The fraction of sp³-hybridized carbons (Fsp3) is 0.273. The van der Waals surface area contributed by atoms with Gasteiger partial charge in [-0.25, -0.2) is 4.99 Å². The molecule has 1 saturated heterocycles. The molecule has 0 radical (unpaired) electrons. The summed E-state index contributed by atoms with van der Waals surface area (Å²) in [6, 6.07) is 13.6. The molecule has 0 amide bonds. The van der Waals surface area contributed by atoms with E-state index in [-0.39, 0.29) is 22.9 Å². The Balaban J connectivity index is 1.69. The fourth-order valence-corrected chi connectivity index (χ4v) is 4.27. The number of hydrogen-bond donors (Lipinski definition) is 5. The summed E-state index contributed by atoms with van der Waals surface area (Å²) in [7, 11) is 0. The van der Waals surface area contributed by atoms with E-state index < -0.39 is 37.3 Å². The van der Waals surface area contributed by atoms with E-state index in [0.29, 0.717) is 22.2 Å². The Hall–Kier alpha value is -3.08. The largest absolute Gasteiger partial charge is 0.494 e. The van der Waals surface area contributed by atoms with Crippen molar-refractivity contribution in [2.75, 3.05) is 6.61 Å². The number of aliphatic hydroxyl groups excluding tert-OH is 4. The molecule has 0 aliphatic carbocycles. The molecule has 0 spiro atoms. The number of Topliss-reactive ketones (excluding diaryl/α,β-unsaturated/α-hetero) is 1. The van der Waals surface area contributed by atoms with Crippen molar-refractivity contribution in [2.24, 2.45) is 4.99 Å². The van der Waals surface area contributed by atoms with Crippen molar-refractivity contribution in [3.05, 3.63) is 59.7 Å². The van der Waals surface area contributed by atoms with Gasteiger partial charge in [0.25, 0.3) is 0 Å². The second-order valence-corrected chi connectivity index (χ2v) is 7.61. The van der Waals surface area contributed by atoms with Gasteiger partial charge in [0.1, 0.15) is 30.1 Å². The van der Waals surface area contributed by atoms with E-state index in [1.54, 1.807) is 48.5 Å². The number of hydrogen-bond acceptors (Lipinski definition) is 8. The highest BCUT2D eigenvalue weighted by Gasteiger charge is 2.46. The first kappa shape index (κ1) is 19.9. The number of aliphatic imine (C=N–C) groups is 1. The Morgan fingerprint density at radius 1 is 0.968 bits per heavy atom. The quantitative estimate of drug-likeness (QED) is 0.415. The van der Waals surface area contributed by atoms with Crippen LogP contribution in [-0.2, 0) is 4.74 Å². The lowest BCUT2D eigenvalue weighted by molar-refractivity contribution is -0.251. The van der Waals surface area contributed by atoms with Gasteiger partial charge in [0.2, 0.25) is 11.7 Å². The average Bonchev–Trinajstić information content (AvgIpc) is 3.26. The molecular weight excluding hydrogens is 404 g/mol. The van der Waals surface area contributed by atoms with Gasteiger partial charge in [0.15, 0.2) is 6.23 Å². The molecule has 3 heterocycles. The standard InChI is InChI=1S/C22H20N2O7/c25-9-14-18(27)19(28)20(29)22(31-14)24-13-8-4-2-6-11(13)15(21(24)30)16-17(26)10-5-1-3-7-12(10)23-16/h1-8,14,18-20,22,25,27-30H,9H2/t14-,18+,19+,20-,22-/m1/s1. The van der Waals surface area contributed by atoms with E-state index in [0.717, 1.165) is 0 Å². The smallest absolute Gasteiger partial charge is 0.214 e. The molecule has 9 nitrogen and oxygen atoms in total. The third kappa shape index (κ3) is 2.83. The SMILES string of the molecule is O=C1C(c2c(O)n([C@@H]3O[C@H](CO)[C@H](O)[C@H](O)[C@H]3O)c3ccccc23)=Nc2ccccc21. The number of para-hydroxylation sites is 2. The Morgan fingerprint density at radius 3 is 2.42 bits per heavy atom. The van der Waals surface area contributed by atoms with E-state index in [2.05, 4.69) is 4.99 Å². The summed E-state index contributed by atoms with van der Waals surface area (Å²) in [5.74, 6) is -0.729. The molecule has 5 atom stereocenters. The molecule has 2 aromatic carbocycles. The van der Waals surface area contributed by atoms with Crippen LogP contribution in [0.4, 0.5) is 5.69 Å². The van der Waals surface area contributed by atoms with E-state index in [1.807, 2.05) is 0 Å². The summed E-state index contributed by atoms with van der Waals surface area (Å²) in [4.78, 5) is 17.4. The van der Waals surface area contributed by atoms with Crippen LogP contribution < -0.4 is 0 Å². The molecule has 5 rings (SSSR count). The molecule has 2 aliphatic rings.